The number of nitrogen functional groups attached to an aromatic ring is 2. The highest BCUT2D eigenvalue weighted by atomic mass is 15.3. The van der Waals surface area contributed by atoms with E-state index in [0.717, 1.165) is 13.0 Å². The molecule has 1 heterocycles. The van der Waals surface area contributed by atoms with E-state index < -0.39 is 0 Å². The predicted molar refractivity (Wildman–Crippen MR) is 52.2 cm³/mol. The van der Waals surface area contributed by atoms with Gasteiger partial charge < -0.3 is 16.4 Å². The molecule has 0 spiro atoms. The predicted octanol–water partition coefficient (Wildman–Crippen LogP) is -0.118. The topological polar surface area (TPSA) is 94.0 Å². The molecule has 6 nitrogen and oxygen atoms in total. The molecule has 0 saturated carbocycles. The average molecular weight is 182 g/mol. The van der Waals surface area contributed by atoms with Gasteiger partial charge in [0.05, 0.1) is 0 Å². The molecule has 0 bridgehead atoms. The number of nitrogens with two attached hydrogens (primary N) is 2. The molecule has 1 aromatic rings. The van der Waals surface area contributed by atoms with Gasteiger partial charge in [-0.3, -0.25) is 0 Å². The molecule has 0 aromatic carbocycles. The van der Waals surface area contributed by atoms with Crippen LogP contribution >= 0.6 is 0 Å². The summed E-state index contributed by atoms with van der Waals surface area (Å²) in [7, 11) is 1.89. The lowest BCUT2D eigenvalue weighted by Crippen LogP contribution is -2.21. The Bertz CT molecular complexity index is 266. The Kier molecular flexibility index (Phi) is 2.84. The van der Waals surface area contributed by atoms with Gasteiger partial charge >= 0.3 is 0 Å². The molecule has 0 radical (unpaired) electrons. The smallest absolute Gasteiger partial charge is 0.231 e. The Labute approximate surface area is 77.0 Å². The molecule has 1 aromatic heterocycles. The molecule has 0 aliphatic rings. The van der Waals surface area contributed by atoms with Crippen LogP contribution in [0.5, 0.6) is 0 Å². The van der Waals surface area contributed by atoms with E-state index in [9.17, 15) is 0 Å². The molecule has 0 amide bonds. The number of aromatic nitrogens is 3. The van der Waals surface area contributed by atoms with Crippen LogP contribution in [0.1, 0.15) is 13.3 Å². The number of anilines is 3. The van der Waals surface area contributed by atoms with E-state index >= 15 is 0 Å². The monoisotopic (exact) mass is 182 g/mol. The van der Waals surface area contributed by atoms with Gasteiger partial charge in [-0.2, -0.15) is 15.0 Å². The highest BCUT2D eigenvalue weighted by molar-refractivity contribution is 5.38. The van der Waals surface area contributed by atoms with Crippen LogP contribution in [0.2, 0.25) is 0 Å². The molecule has 4 N–H and O–H groups in total. The van der Waals surface area contributed by atoms with Crippen molar-refractivity contribution >= 4 is 17.8 Å². The molecule has 0 atom stereocenters. The van der Waals surface area contributed by atoms with Gasteiger partial charge in [0.15, 0.2) is 0 Å². The molecule has 0 unspecified atom stereocenters. The molecule has 72 valence electrons. The standard InChI is InChI=1S/C7H14N6/c1-3-4-13(2)7-11-5(8)10-6(9)12-7/h3-4H2,1-2H3,(H4,8,9,10,11,12). The maximum atomic E-state index is 5.42. The number of hydrogen-bond donors (Lipinski definition) is 2. The van der Waals surface area contributed by atoms with E-state index in [1.807, 2.05) is 11.9 Å². The fourth-order valence-electron chi connectivity index (χ4n) is 1.00. The average Bonchev–Trinajstić information content (AvgIpc) is 2.03. The van der Waals surface area contributed by atoms with Crippen molar-refractivity contribution in [1.82, 2.24) is 15.0 Å². The van der Waals surface area contributed by atoms with Crippen molar-refractivity contribution in [2.75, 3.05) is 30.0 Å². The summed E-state index contributed by atoms with van der Waals surface area (Å²) in [5, 5.41) is 0. The molecule has 1 rings (SSSR count). The minimum Gasteiger partial charge on any atom is -0.368 e. The van der Waals surface area contributed by atoms with E-state index in [1.54, 1.807) is 0 Å². The summed E-state index contributed by atoms with van der Waals surface area (Å²) in [4.78, 5) is 13.5. The maximum absolute atomic E-state index is 5.42. The second-order valence-electron chi connectivity index (χ2n) is 2.77. The summed E-state index contributed by atoms with van der Waals surface area (Å²) in [6, 6.07) is 0. The fraction of sp³-hybridized carbons (Fsp3) is 0.571. The Hall–Kier alpha value is -1.59. The third kappa shape index (κ3) is 2.43. The van der Waals surface area contributed by atoms with Gasteiger partial charge in [0, 0.05) is 13.6 Å². The van der Waals surface area contributed by atoms with Crippen LogP contribution in [0.25, 0.3) is 0 Å². The van der Waals surface area contributed by atoms with Crippen LogP contribution in [-0.4, -0.2) is 28.5 Å². The quantitative estimate of drug-likeness (QED) is 0.677. The van der Waals surface area contributed by atoms with Crippen molar-refractivity contribution in [1.29, 1.82) is 0 Å². The third-order valence-corrected chi connectivity index (χ3v) is 1.56. The largest absolute Gasteiger partial charge is 0.368 e. The zero-order chi connectivity index (χ0) is 9.84. The zero-order valence-corrected chi connectivity index (χ0v) is 7.86. The van der Waals surface area contributed by atoms with E-state index in [4.69, 9.17) is 11.5 Å². The van der Waals surface area contributed by atoms with Gasteiger partial charge in [0.1, 0.15) is 0 Å². The molecular formula is C7H14N6. The van der Waals surface area contributed by atoms with Crippen LogP contribution in [-0.2, 0) is 0 Å². The van der Waals surface area contributed by atoms with Gasteiger partial charge in [0.25, 0.3) is 0 Å². The van der Waals surface area contributed by atoms with Crippen molar-refractivity contribution < 1.29 is 0 Å². The molecule has 6 heteroatoms. The first kappa shape index (κ1) is 9.50. The minimum atomic E-state index is 0.158. The summed E-state index contributed by atoms with van der Waals surface area (Å²) in [6.45, 7) is 2.94. The Balaban J connectivity index is 2.87. The fourth-order valence-corrected chi connectivity index (χ4v) is 1.00. The Morgan fingerprint density at radius 3 is 2.15 bits per heavy atom. The maximum Gasteiger partial charge on any atom is 0.231 e. The first-order valence-electron chi connectivity index (χ1n) is 4.11. The van der Waals surface area contributed by atoms with Gasteiger partial charge in [-0.25, -0.2) is 0 Å². The summed E-state index contributed by atoms with van der Waals surface area (Å²) in [5.41, 5.74) is 10.8. The second-order valence-corrected chi connectivity index (χ2v) is 2.77. The first-order valence-corrected chi connectivity index (χ1v) is 4.11. The molecule has 0 fully saturated rings. The van der Waals surface area contributed by atoms with Gasteiger partial charge in [0.2, 0.25) is 17.8 Å². The lowest BCUT2D eigenvalue weighted by molar-refractivity contribution is 0.815. The zero-order valence-electron chi connectivity index (χ0n) is 7.86. The van der Waals surface area contributed by atoms with Crippen LogP contribution in [0.15, 0.2) is 0 Å². The third-order valence-electron chi connectivity index (χ3n) is 1.56. The van der Waals surface area contributed by atoms with Crippen molar-refractivity contribution in [3.8, 4) is 0 Å². The van der Waals surface area contributed by atoms with E-state index in [2.05, 4.69) is 21.9 Å². The minimum absolute atomic E-state index is 0.158. The lowest BCUT2D eigenvalue weighted by atomic mass is 10.4. The highest BCUT2D eigenvalue weighted by Gasteiger charge is 2.05. The van der Waals surface area contributed by atoms with Crippen LogP contribution in [0, 0.1) is 0 Å². The van der Waals surface area contributed by atoms with Crippen molar-refractivity contribution in [3.05, 3.63) is 0 Å². The van der Waals surface area contributed by atoms with Gasteiger partial charge in [-0.05, 0) is 6.42 Å². The van der Waals surface area contributed by atoms with Crippen LogP contribution < -0.4 is 16.4 Å². The summed E-state index contributed by atoms with van der Waals surface area (Å²) in [6.07, 6.45) is 1.02. The Morgan fingerprint density at radius 2 is 1.69 bits per heavy atom. The van der Waals surface area contributed by atoms with Crippen LogP contribution in [0.3, 0.4) is 0 Å². The first-order chi connectivity index (χ1) is 6.13. The van der Waals surface area contributed by atoms with Crippen LogP contribution in [0.4, 0.5) is 17.8 Å². The van der Waals surface area contributed by atoms with E-state index in [-0.39, 0.29) is 11.9 Å². The molecule has 13 heavy (non-hydrogen) atoms. The Morgan fingerprint density at radius 1 is 1.15 bits per heavy atom. The lowest BCUT2D eigenvalue weighted by Gasteiger charge is -2.15. The molecule has 0 saturated heterocycles. The van der Waals surface area contributed by atoms with Gasteiger partial charge in [-0.15, -0.1) is 0 Å². The second kappa shape index (κ2) is 3.88. The van der Waals surface area contributed by atoms with Gasteiger partial charge in [-0.1, -0.05) is 6.92 Å². The van der Waals surface area contributed by atoms with Crippen molar-refractivity contribution in [2.45, 2.75) is 13.3 Å². The normalized spacial score (nSPS) is 10.0. The number of nitrogens with zero attached hydrogens (tertiary/aromatic N) is 4. The summed E-state index contributed by atoms with van der Waals surface area (Å²) in [5.74, 6) is 0.836. The highest BCUT2D eigenvalue weighted by Crippen LogP contribution is 2.07. The molecule has 0 aliphatic carbocycles. The van der Waals surface area contributed by atoms with E-state index in [0.29, 0.717) is 5.95 Å². The molecule has 0 aliphatic heterocycles. The van der Waals surface area contributed by atoms with Crippen molar-refractivity contribution in [3.63, 3.8) is 0 Å². The summed E-state index contributed by atoms with van der Waals surface area (Å²) >= 11 is 0. The number of hydrogen-bond acceptors (Lipinski definition) is 6. The summed E-state index contributed by atoms with van der Waals surface area (Å²) < 4.78 is 0. The number of rotatable bonds is 3. The molecular weight excluding hydrogens is 168 g/mol. The van der Waals surface area contributed by atoms with E-state index in [1.165, 1.54) is 0 Å². The SMILES string of the molecule is CCCN(C)c1nc(N)nc(N)n1. The van der Waals surface area contributed by atoms with Crippen molar-refractivity contribution in [2.24, 2.45) is 0 Å².